The quantitative estimate of drug-likeness (QED) is 0.792. The Labute approximate surface area is 122 Å². The summed E-state index contributed by atoms with van der Waals surface area (Å²) in [6.45, 7) is -0.160. The highest BCUT2D eigenvalue weighted by Crippen LogP contribution is 2.37. The zero-order valence-electron chi connectivity index (χ0n) is 10.4. The highest BCUT2D eigenvalue weighted by atomic mass is 35.5. The second-order valence-corrected chi connectivity index (χ2v) is 4.52. The third-order valence-electron chi connectivity index (χ3n) is 2.67. The van der Waals surface area contributed by atoms with Crippen LogP contribution in [0.1, 0.15) is 11.3 Å². The summed E-state index contributed by atoms with van der Waals surface area (Å²) < 4.78 is 52.2. The van der Waals surface area contributed by atoms with Crippen molar-refractivity contribution in [1.29, 1.82) is 0 Å². The van der Waals surface area contributed by atoms with Gasteiger partial charge in [-0.15, -0.1) is 6.54 Å². The van der Waals surface area contributed by atoms with Crippen LogP contribution in [-0.2, 0) is 12.7 Å². The van der Waals surface area contributed by atoms with Gasteiger partial charge in [-0.2, -0.15) is 13.2 Å². The van der Waals surface area contributed by atoms with E-state index in [-0.39, 0.29) is 22.9 Å². The maximum absolute atomic E-state index is 13.7. The van der Waals surface area contributed by atoms with Crippen LogP contribution in [0, 0.1) is 5.82 Å². The Kier molecular flexibility index (Phi) is 4.34. The van der Waals surface area contributed by atoms with Crippen LogP contribution in [0.25, 0.3) is 5.73 Å². The predicted molar refractivity (Wildman–Crippen MR) is 72.0 cm³/mol. The molecule has 0 bridgehead atoms. The number of benzene rings is 1. The lowest BCUT2D eigenvalue weighted by Crippen LogP contribution is -2.10. The van der Waals surface area contributed by atoms with E-state index in [0.29, 0.717) is 0 Å². The number of nitrogens with one attached hydrogen (secondary N) is 2. The van der Waals surface area contributed by atoms with Crippen molar-refractivity contribution in [3.8, 4) is 0 Å². The minimum absolute atomic E-state index is 0.104. The number of hydrogen-bond acceptors (Lipinski definition) is 2. The molecule has 0 saturated carbocycles. The number of rotatable bonds is 3. The largest absolute Gasteiger partial charge is 0.672 e. The molecule has 1 aromatic heterocycles. The van der Waals surface area contributed by atoms with Crippen molar-refractivity contribution in [3.63, 3.8) is 0 Å². The molecule has 21 heavy (non-hydrogen) atoms. The topological polar surface area (TPSA) is 48.7 Å². The second-order valence-electron chi connectivity index (χ2n) is 4.11. The lowest BCUT2D eigenvalue weighted by Gasteiger charge is -2.16. The number of hydrogen-bond donors (Lipinski definition) is 1. The van der Waals surface area contributed by atoms with Gasteiger partial charge in [-0.05, 0) is 18.2 Å². The highest BCUT2D eigenvalue weighted by molar-refractivity contribution is 6.31. The van der Waals surface area contributed by atoms with Gasteiger partial charge in [0.2, 0.25) is 0 Å². The van der Waals surface area contributed by atoms with Crippen LogP contribution in [0.4, 0.5) is 28.9 Å². The number of anilines is 2. The molecule has 0 atom stereocenters. The minimum atomic E-state index is -4.69. The van der Waals surface area contributed by atoms with Crippen molar-refractivity contribution in [2.75, 3.05) is 5.32 Å². The third-order valence-corrected chi connectivity index (χ3v) is 3.00. The summed E-state index contributed by atoms with van der Waals surface area (Å²) in [7, 11) is 0. The minimum Gasteiger partial charge on any atom is -0.672 e. The predicted octanol–water partition coefficient (Wildman–Crippen LogP) is 5.19. The molecule has 1 heterocycles. The van der Waals surface area contributed by atoms with E-state index in [4.69, 9.17) is 17.3 Å². The van der Waals surface area contributed by atoms with Gasteiger partial charge in [-0.1, -0.05) is 17.7 Å². The molecule has 3 nitrogen and oxygen atoms in total. The number of nitrogens with zero attached hydrogens (tertiary/aromatic N) is 1. The van der Waals surface area contributed by atoms with E-state index in [1.54, 1.807) is 0 Å². The van der Waals surface area contributed by atoms with Gasteiger partial charge in [0.05, 0.1) is 28.2 Å². The van der Waals surface area contributed by atoms with E-state index in [1.165, 1.54) is 12.3 Å². The Hall–Kier alpha value is -1.86. The Morgan fingerprint density at radius 1 is 1.29 bits per heavy atom. The number of halogens is 5. The molecule has 8 heteroatoms. The van der Waals surface area contributed by atoms with Gasteiger partial charge in [0.25, 0.3) is 0 Å². The first kappa shape index (κ1) is 15.5. The molecule has 0 saturated heterocycles. The number of alkyl halides is 3. The molecule has 2 N–H and O–H groups in total. The molecule has 1 aromatic carbocycles. The van der Waals surface area contributed by atoms with Crippen molar-refractivity contribution in [3.05, 3.63) is 58.3 Å². The zero-order valence-corrected chi connectivity index (χ0v) is 11.2. The van der Waals surface area contributed by atoms with Crippen LogP contribution in [0.5, 0.6) is 0 Å². The van der Waals surface area contributed by atoms with Gasteiger partial charge in [-0.3, -0.25) is 4.98 Å². The van der Waals surface area contributed by atoms with Gasteiger partial charge in [0, 0.05) is 5.69 Å². The van der Waals surface area contributed by atoms with Crippen LogP contribution in [0.15, 0.2) is 30.5 Å². The number of para-hydroxylation sites is 1. The third kappa shape index (κ3) is 3.43. The van der Waals surface area contributed by atoms with Crippen LogP contribution in [0.2, 0.25) is 5.02 Å². The lowest BCUT2D eigenvalue weighted by molar-refractivity contribution is -0.137. The maximum atomic E-state index is 13.7. The van der Waals surface area contributed by atoms with Gasteiger partial charge in [0.1, 0.15) is 5.82 Å². The molecule has 0 spiro atoms. The summed E-state index contributed by atoms with van der Waals surface area (Å²) in [5.41, 5.74) is 5.72. The molecule has 0 aliphatic carbocycles. The summed E-state index contributed by atoms with van der Waals surface area (Å²) in [4.78, 5) is 3.83. The van der Waals surface area contributed by atoms with Gasteiger partial charge >= 0.3 is 6.18 Å². The first-order valence-corrected chi connectivity index (χ1v) is 6.12. The van der Waals surface area contributed by atoms with E-state index in [9.17, 15) is 17.6 Å². The Morgan fingerprint density at radius 3 is 2.57 bits per heavy atom. The first-order chi connectivity index (χ1) is 9.82. The van der Waals surface area contributed by atoms with E-state index in [0.717, 1.165) is 18.2 Å². The molecule has 0 aliphatic rings. The SMILES string of the molecule is [NH-]Cc1ncc(Nc2c(F)cccc2C(F)(F)F)cc1Cl. The molecule has 2 rings (SSSR count). The monoisotopic (exact) mass is 318 g/mol. The van der Waals surface area contributed by atoms with Gasteiger partial charge in [-0.25, -0.2) is 4.39 Å². The molecule has 0 aliphatic heterocycles. The fourth-order valence-corrected chi connectivity index (χ4v) is 1.93. The molecule has 0 unspecified atom stereocenters. The molecular formula is C13H9ClF4N3-. The Bertz CT molecular complexity index is 658. The normalized spacial score (nSPS) is 11.5. The average molecular weight is 319 g/mol. The Balaban J connectivity index is 2.42. The molecule has 0 radical (unpaired) electrons. The smallest absolute Gasteiger partial charge is 0.418 e. The molecule has 0 amide bonds. The lowest BCUT2D eigenvalue weighted by atomic mass is 10.1. The van der Waals surface area contributed by atoms with Crippen molar-refractivity contribution in [2.45, 2.75) is 12.7 Å². The van der Waals surface area contributed by atoms with Crippen LogP contribution < -0.4 is 5.32 Å². The summed E-state index contributed by atoms with van der Waals surface area (Å²) >= 11 is 5.83. The second kappa shape index (κ2) is 5.87. The Morgan fingerprint density at radius 2 is 2.00 bits per heavy atom. The van der Waals surface area contributed by atoms with Crippen molar-refractivity contribution in [1.82, 2.24) is 4.98 Å². The first-order valence-electron chi connectivity index (χ1n) is 5.74. The maximum Gasteiger partial charge on any atom is 0.418 e. The average Bonchev–Trinajstić information content (AvgIpc) is 2.40. The van der Waals surface area contributed by atoms with Crippen LogP contribution >= 0.6 is 11.6 Å². The summed E-state index contributed by atoms with van der Waals surface area (Å²) in [5.74, 6) is -1.04. The van der Waals surface area contributed by atoms with Crippen LogP contribution in [-0.4, -0.2) is 4.98 Å². The standard InChI is InChI=1S/C13H9ClF4N3/c14-9-4-7(6-20-11(9)5-19)21-12-8(13(16,17)18)2-1-3-10(12)15/h1-4,6,19,21H,5H2/q-1. The van der Waals surface area contributed by atoms with Gasteiger partial charge in [0.15, 0.2) is 0 Å². The van der Waals surface area contributed by atoms with Crippen molar-refractivity contribution in [2.24, 2.45) is 0 Å². The van der Waals surface area contributed by atoms with E-state index in [2.05, 4.69) is 10.3 Å². The zero-order chi connectivity index (χ0) is 15.6. The summed E-state index contributed by atoms with van der Waals surface area (Å²) in [6, 6.07) is 3.98. The molecule has 112 valence electrons. The molecule has 2 aromatic rings. The highest BCUT2D eigenvalue weighted by Gasteiger charge is 2.34. The van der Waals surface area contributed by atoms with Crippen molar-refractivity contribution < 1.29 is 17.6 Å². The van der Waals surface area contributed by atoms with E-state index < -0.39 is 23.2 Å². The van der Waals surface area contributed by atoms with E-state index in [1.807, 2.05) is 0 Å². The van der Waals surface area contributed by atoms with Crippen LogP contribution in [0.3, 0.4) is 0 Å². The fraction of sp³-hybridized carbons (Fsp3) is 0.154. The summed E-state index contributed by atoms with van der Waals surface area (Å²) in [6.07, 6.45) is -3.49. The number of pyridine rings is 1. The van der Waals surface area contributed by atoms with E-state index >= 15 is 0 Å². The van der Waals surface area contributed by atoms with Crippen molar-refractivity contribution >= 4 is 23.0 Å². The fourth-order valence-electron chi connectivity index (χ4n) is 1.70. The summed E-state index contributed by atoms with van der Waals surface area (Å²) in [5, 5.41) is 2.46. The van der Waals surface area contributed by atoms with Gasteiger partial charge < -0.3 is 11.1 Å². The number of aromatic nitrogens is 1. The molecular weight excluding hydrogens is 310 g/mol. The molecule has 0 fully saturated rings.